The fraction of sp³-hybridized carbons (Fsp3) is 0.350. The van der Waals surface area contributed by atoms with E-state index in [1.807, 2.05) is 36.4 Å². The van der Waals surface area contributed by atoms with Gasteiger partial charge in [0.05, 0.1) is 19.8 Å². The summed E-state index contributed by atoms with van der Waals surface area (Å²) in [5, 5.41) is 15.3. The molecule has 7 nitrogen and oxygen atoms in total. The van der Waals surface area contributed by atoms with Crippen molar-refractivity contribution < 1.29 is 24.1 Å². The predicted octanol–water partition coefficient (Wildman–Crippen LogP) is 2.41. The van der Waals surface area contributed by atoms with Gasteiger partial charge >= 0.3 is 6.03 Å². The highest BCUT2D eigenvalue weighted by Crippen LogP contribution is 2.11. The van der Waals surface area contributed by atoms with Crippen LogP contribution in [0, 0.1) is 0 Å². The molecule has 0 saturated heterocycles. The van der Waals surface area contributed by atoms with Gasteiger partial charge in [0.15, 0.2) is 0 Å². The number of methoxy groups -OCH3 is 1. The lowest BCUT2D eigenvalue weighted by Crippen LogP contribution is -2.37. The number of para-hydroxylation sites is 1. The van der Waals surface area contributed by atoms with Crippen LogP contribution in [0.1, 0.15) is 5.56 Å². The summed E-state index contributed by atoms with van der Waals surface area (Å²) in [5.74, 6) is 0.672. The molecule has 7 heteroatoms. The Hall–Kier alpha value is -2.61. The van der Waals surface area contributed by atoms with Gasteiger partial charge in [0.2, 0.25) is 0 Å². The second-order valence-corrected chi connectivity index (χ2v) is 5.86. The van der Waals surface area contributed by atoms with Crippen molar-refractivity contribution in [1.82, 2.24) is 5.32 Å². The van der Waals surface area contributed by atoms with Crippen molar-refractivity contribution >= 4 is 11.7 Å². The molecule has 146 valence electrons. The summed E-state index contributed by atoms with van der Waals surface area (Å²) in [5.41, 5.74) is 1.59. The van der Waals surface area contributed by atoms with Crippen molar-refractivity contribution in [3.8, 4) is 5.75 Å². The van der Waals surface area contributed by atoms with Gasteiger partial charge in [-0.1, -0.05) is 30.3 Å². The van der Waals surface area contributed by atoms with Crippen LogP contribution in [0.25, 0.3) is 0 Å². The number of hydrogen-bond acceptors (Lipinski definition) is 5. The number of carbonyl (C=O) groups excluding carboxylic acids is 1. The third-order valence-electron chi connectivity index (χ3n) is 3.57. The molecule has 0 heterocycles. The fourth-order valence-electron chi connectivity index (χ4n) is 2.23. The molecule has 2 aromatic rings. The summed E-state index contributed by atoms with van der Waals surface area (Å²) in [7, 11) is 1.62. The highest BCUT2D eigenvalue weighted by atomic mass is 16.5. The van der Waals surface area contributed by atoms with Gasteiger partial charge < -0.3 is 30.0 Å². The maximum absolute atomic E-state index is 12.0. The molecule has 0 aliphatic rings. The number of carbonyl (C=O) groups is 1. The Kier molecular flexibility index (Phi) is 9.12. The van der Waals surface area contributed by atoms with Crippen molar-refractivity contribution in [1.29, 1.82) is 0 Å². The van der Waals surface area contributed by atoms with E-state index in [2.05, 4.69) is 10.6 Å². The smallest absolute Gasteiger partial charge is 0.319 e. The third-order valence-corrected chi connectivity index (χ3v) is 3.57. The van der Waals surface area contributed by atoms with Crippen LogP contribution in [0.4, 0.5) is 10.5 Å². The molecule has 2 amide bonds. The Morgan fingerprint density at radius 1 is 1.11 bits per heavy atom. The Bertz CT molecular complexity index is 681. The molecular weight excluding hydrogens is 348 g/mol. The number of aliphatic hydroxyl groups excluding tert-OH is 1. The van der Waals surface area contributed by atoms with Gasteiger partial charge in [-0.3, -0.25) is 0 Å². The predicted molar refractivity (Wildman–Crippen MR) is 103 cm³/mol. The van der Waals surface area contributed by atoms with Gasteiger partial charge in [-0.25, -0.2) is 4.79 Å². The summed E-state index contributed by atoms with van der Waals surface area (Å²) in [4.78, 5) is 12.0. The highest BCUT2D eigenvalue weighted by Gasteiger charge is 2.08. The minimum Gasteiger partial charge on any atom is -0.491 e. The van der Waals surface area contributed by atoms with Crippen LogP contribution >= 0.6 is 0 Å². The second-order valence-electron chi connectivity index (χ2n) is 5.86. The Labute approximate surface area is 159 Å². The first kappa shape index (κ1) is 20.7. The largest absolute Gasteiger partial charge is 0.491 e. The topological polar surface area (TPSA) is 89.1 Å². The number of benzene rings is 2. The van der Waals surface area contributed by atoms with Crippen molar-refractivity contribution in [3.63, 3.8) is 0 Å². The van der Waals surface area contributed by atoms with Crippen LogP contribution < -0.4 is 15.4 Å². The lowest BCUT2D eigenvalue weighted by molar-refractivity contribution is 0.0617. The maximum atomic E-state index is 12.0. The van der Waals surface area contributed by atoms with Gasteiger partial charge in [0.1, 0.15) is 18.5 Å². The van der Waals surface area contributed by atoms with Crippen LogP contribution in [-0.2, 0) is 16.1 Å². The van der Waals surface area contributed by atoms with Crippen LogP contribution in [0.3, 0.4) is 0 Å². The number of nitrogens with one attached hydrogen (secondary N) is 2. The van der Waals surface area contributed by atoms with Gasteiger partial charge in [-0.2, -0.15) is 0 Å². The van der Waals surface area contributed by atoms with Gasteiger partial charge in [0, 0.05) is 19.3 Å². The van der Waals surface area contributed by atoms with E-state index in [4.69, 9.17) is 14.2 Å². The van der Waals surface area contributed by atoms with Crippen LogP contribution in [0.15, 0.2) is 54.6 Å². The normalized spacial score (nSPS) is 11.6. The number of hydrogen-bond donors (Lipinski definition) is 3. The zero-order valence-electron chi connectivity index (χ0n) is 15.4. The standard InChI is InChI=1S/C20H26N2O5/c1-25-10-11-26-14-16-6-5-7-17(12-16)22-20(24)21-13-18(23)15-27-19-8-3-2-4-9-19/h2-9,12,18,23H,10-11,13-15H2,1H3,(H2,21,22,24). The molecule has 0 radical (unpaired) electrons. The Morgan fingerprint density at radius 3 is 2.70 bits per heavy atom. The molecule has 0 spiro atoms. The molecule has 0 aliphatic carbocycles. The molecule has 0 aliphatic heterocycles. The number of ether oxygens (including phenoxy) is 3. The third kappa shape index (κ3) is 8.54. The molecule has 0 fully saturated rings. The fourth-order valence-corrected chi connectivity index (χ4v) is 2.23. The van der Waals surface area contributed by atoms with E-state index in [-0.39, 0.29) is 13.2 Å². The number of amides is 2. The number of urea groups is 1. The monoisotopic (exact) mass is 374 g/mol. The van der Waals surface area contributed by atoms with Gasteiger partial charge in [0.25, 0.3) is 0 Å². The van der Waals surface area contributed by atoms with E-state index >= 15 is 0 Å². The molecular formula is C20H26N2O5. The molecule has 2 aromatic carbocycles. The summed E-state index contributed by atoms with van der Waals surface area (Å²) < 4.78 is 15.8. The van der Waals surface area contributed by atoms with Crippen LogP contribution in [-0.4, -0.2) is 50.7 Å². The van der Waals surface area contributed by atoms with Crippen molar-refractivity contribution in [3.05, 3.63) is 60.2 Å². The average Bonchev–Trinajstić information content (AvgIpc) is 2.69. The van der Waals surface area contributed by atoms with Gasteiger partial charge in [-0.15, -0.1) is 0 Å². The second kappa shape index (κ2) is 11.9. The van der Waals surface area contributed by atoms with Gasteiger partial charge in [-0.05, 0) is 29.8 Å². The molecule has 1 unspecified atom stereocenters. The van der Waals surface area contributed by atoms with E-state index < -0.39 is 12.1 Å². The van der Waals surface area contributed by atoms with E-state index in [0.717, 1.165) is 5.56 Å². The zero-order chi connectivity index (χ0) is 19.3. The minimum atomic E-state index is -0.809. The van der Waals surface area contributed by atoms with E-state index in [1.54, 1.807) is 25.3 Å². The molecule has 2 rings (SSSR count). The summed E-state index contributed by atoms with van der Waals surface area (Å²) >= 11 is 0. The molecule has 3 N–H and O–H groups in total. The SMILES string of the molecule is COCCOCc1cccc(NC(=O)NCC(O)COc2ccccc2)c1. The lowest BCUT2D eigenvalue weighted by atomic mass is 10.2. The number of aliphatic hydroxyl groups is 1. The molecule has 0 bridgehead atoms. The minimum absolute atomic E-state index is 0.0818. The van der Waals surface area contributed by atoms with Crippen LogP contribution in [0.2, 0.25) is 0 Å². The quantitative estimate of drug-likeness (QED) is 0.526. The van der Waals surface area contributed by atoms with E-state index in [9.17, 15) is 9.90 Å². The molecule has 0 aromatic heterocycles. The van der Waals surface area contributed by atoms with E-state index in [1.165, 1.54) is 0 Å². The number of rotatable bonds is 11. The van der Waals surface area contributed by atoms with Crippen LogP contribution in [0.5, 0.6) is 5.75 Å². The summed E-state index contributed by atoms with van der Waals surface area (Å²) in [6.07, 6.45) is -0.809. The highest BCUT2D eigenvalue weighted by molar-refractivity contribution is 5.89. The summed E-state index contributed by atoms with van der Waals surface area (Å²) in [6.45, 7) is 1.67. The maximum Gasteiger partial charge on any atom is 0.319 e. The summed E-state index contributed by atoms with van der Waals surface area (Å²) in [6, 6.07) is 16.2. The average molecular weight is 374 g/mol. The number of anilines is 1. The first-order valence-electron chi connectivity index (χ1n) is 8.74. The first-order valence-corrected chi connectivity index (χ1v) is 8.74. The zero-order valence-corrected chi connectivity index (χ0v) is 15.4. The lowest BCUT2D eigenvalue weighted by Gasteiger charge is -2.14. The van der Waals surface area contributed by atoms with E-state index in [0.29, 0.717) is 31.3 Å². The molecule has 27 heavy (non-hydrogen) atoms. The molecule has 1 atom stereocenters. The van der Waals surface area contributed by atoms with Crippen molar-refractivity contribution in [2.75, 3.05) is 38.8 Å². The Balaban J connectivity index is 1.68. The Morgan fingerprint density at radius 2 is 1.93 bits per heavy atom. The van der Waals surface area contributed by atoms with Crippen molar-refractivity contribution in [2.45, 2.75) is 12.7 Å². The molecule has 0 saturated carbocycles. The van der Waals surface area contributed by atoms with Crippen molar-refractivity contribution in [2.24, 2.45) is 0 Å². The first-order chi connectivity index (χ1) is 13.2.